The summed E-state index contributed by atoms with van der Waals surface area (Å²) in [5.74, 6) is 0.267. The van der Waals surface area contributed by atoms with E-state index in [1.807, 2.05) is 17.5 Å². The first-order valence-electron chi connectivity index (χ1n) is 8.87. The number of hydrogen-bond acceptors (Lipinski definition) is 7. The summed E-state index contributed by atoms with van der Waals surface area (Å²) in [6.45, 7) is 1.42. The number of carbonyl (C=O) groups excluding carboxylic acids is 1. The van der Waals surface area contributed by atoms with Crippen LogP contribution in [0, 0.1) is 17.0 Å². The second-order valence-electron chi connectivity index (χ2n) is 6.51. The molecule has 8 nitrogen and oxygen atoms in total. The number of ether oxygens (including phenoxy) is 1. The summed E-state index contributed by atoms with van der Waals surface area (Å²) in [6, 6.07) is 11.6. The molecule has 3 heterocycles. The van der Waals surface area contributed by atoms with E-state index >= 15 is 0 Å². The standard InChI is InChI=1S/C20H17N3O5S/c1-13-6-7-15(23(25)26)18(10-13)28-12-20(24)22-16(17-4-2-8-27-17)11-14(21-22)19-5-3-9-29-19/h2-10,16H,11-12H2,1H3. The van der Waals surface area contributed by atoms with Gasteiger partial charge >= 0.3 is 5.69 Å². The van der Waals surface area contributed by atoms with E-state index in [1.165, 1.54) is 11.1 Å². The molecule has 1 aromatic carbocycles. The highest BCUT2D eigenvalue weighted by molar-refractivity contribution is 7.12. The molecule has 0 N–H and O–H groups in total. The van der Waals surface area contributed by atoms with Crippen LogP contribution in [0.5, 0.6) is 5.75 Å². The van der Waals surface area contributed by atoms with Crippen molar-refractivity contribution in [2.75, 3.05) is 6.61 Å². The highest BCUT2D eigenvalue weighted by Crippen LogP contribution is 2.34. The molecule has 1 atom stereocenters. The fraction of sp³-hybridized carbons (Fsp3) is 0.200. The Labute approximate surface area is 170 Å². The Morgan fingerprint density at radius 1 is 1.38 bits per heavy atom. The Morgan fingerprint density at radius 2 is 2.24 bits per heavy atom. The molecule has 9 heteroatoms. The van der Waals surface area contributed by atoms with Crippen molar-refractivity contribution in [1.82, 2.24) is 5.01 Å². The summed E-state index contributed by atoms with van der Waals surface area (Å²) in [7, 11) is 0. The minimum absolute atomic E-state index is 0.0551. The number of nitro groups is 1. The molecule has 0 bridgehead atoms. The van der Waals surface area contributed by atoms with Gasteiger partial charge in [-0.05, 0) is 42.1 Å². The van der Waals surface area contributed by atoms with Gasteiger partial charge in [0.05, 0.1) is 21.8 Å². The van der Waals surface area contributed by atoms with Gasteiger partial charge in [-0.1, -0.05) is 12.1 Å². The number of carbonyl (C=O) groups is 1. The zero-order valence-electron chi connectivity index (χ0n) is 15.5. The molecular weight excluding hydrogens is 394 g/mol. The molecule has 1 unspecified atom stereocenters. The minimum Gasteiger partial charge on any atom is -0.477 e. The van der Waals surface area contributed by atoms with Gasteiger partial charge in [0.2, 0.25) is 0 Å². The SMILES string of the molecule is Cc1ccc([N+](=O)[O-])c(OCC(=O)N2N=C(c3cccs3)CC2c2ccco2)c1. The van der Waals surface area contributed by atoms with Crippen LogP contribution >= 0.6 is 11.3 Å². The first-order chi connectivity index (χ1) is 14.0. The largest absolute Gasteiger partial charge is 0.477 e. The van der Waals surface area contributed by atoms with E-state index in [9.17, 15) is 14.9 Å². The number of rotatable bonds is 6. The predicted molar refractivity (Wildman–Crippen MR) is 107 cm³/mol. The zero-order chi connectivity index (χ0) is 20.4. The number of hydrazone groups is 1. The fourth-order valence-electron chi connectivity index (χ4n) is 3.13. The van der Waals surface area contributed by atoms with Gasteiger partial charge in [-0.3, -0.25) is 14.9 Å². The molecule has 0 radical (unpaired) electrons. The summed E-state index contributed by atoms with van der Waals surface area (Å²) in [6.07, 6.45) is 2.07. The number of benzene rings is 1. The normalized spacial score (nSPS) is 16.0. The maximum atomic E-state index is 12.9. The molecular formula is C20H17N3O5S. The molecule has 148 valence electrons. The summed E-state index contributed by atoms with van der Waals surface area (Å²) < 4.78 is 11.0. The van der Waals surface area contributed by atoms with E-state index in [0.29, 0.717) is 12.2 Å². The highest BCUT2D eigenvalue weighted by atomic mass is 32.1. The quantitative estimate of drug-likeness (QED) is 0.444. The van der Waals surface area contributed by atoms with Crippen molar-refractivity contribution in [2.45, 2.75) is 19.4 Å². The van der Waals surface area contributed by atoms with Crippen molar-refractivity contribution in [3.05, 3.63) is 80.4 Å². The van der Waals surface area contributed by atoms with E-state index in [-0.39, 0.29) is 24.1 Å². The molecule has 1 aliphatic heterocycles. The van der Waals surface area contributed by atoms with Crippen LogP contribution in [0.1, 0.15) is 28.7 Å². The van der Waals surface area contributed by atoms with Crippen molar-refractivity contribution >= 4 is 28.6 Å². The number of nitro benzene ring substituents is 1. The average molecular weight is 411 g/mol. The molecule has 1 aliphatic rings. The van der Waals surface area contributed by atoms with Crippen LogP contribution in [0.2, 0.25) is 0 Å². The molecule has 0 saturated carbocycles. The Balaban J connectivity index is 1.56. The Morgan fingerprint density at radius 3 is 2.93 bits per heavy atom. The van der Waals surface area contributed by atoms with Crippen LogP contribution in [-0.4, -0.2) is 28.2 Å². The van der Waals surface area contributed by atoms with Crippen molar-refractivity contribution in [3.63, 3.8) is 0 Å². The molecule has 1 amide bonds. The van der Waals surface area contributed by atoms with E-state index in [1.54, 1.807) is 48.8 Å². The average Bonchev–Trinajstić information content (AvgIpc) is 3.46. The van der Waals surface area contributed by atoms with Gasteiger partial charge in [-0.15, -0.1) is 11.3 Å². The molecule has 0 aliphatic carbocycles. The third-order valence-electron chi connectivity index (χ3n) is 4.51. The van der Waals surface area contributed by atoms with Crippen molar-refractivity contribution in [2.24, 2.45) is 5.10 Å². The summed E-state index contributed by atoms with van der Waals surface area (Å²) in [5, 5.41) is 19.0. The van der Waals surface area contributed by atoms with Gasteiger partial charge in [0, 0.05) is 12.5 Å². The number of thiophene rings is 1. The second-order valence-corrected chi connectivity index (χ2v) is 7.46. The lowest BCUT2D eigenvalue weighted by Crippen LogP contribution is -2.31. The number of hydrogen-bond donors (Lipinski definition) is 0. The van der Waals surface area contributed by atoms with E-state index < -0.39 is 10.8 Å². The molecule has 0 spiro atoms. The number of aryl methyl sites for hydroxylation is 1. The molecule has 29 heavy (non-hydrogen) atoms. The lowest BCUT2D eigenvalue weighted by molar-refractivity contribution is -0.385. The minimum atomic E-state index is -0.534. The lowest BCUT2D eigenvalue weighted by Gasteiger charge is -2.20. The van der Waals surface area contributed by atoms with E-state index in [4.69, 9.17) is 9.15 Å². The smallest absolute Gasteiger partial charge is 0.310 e. The molecule has 4 rings (SSSR count). The van der Waals surface area contributed by atoms with Crippen LogP contribution in [-0.2, 0) is 4.79 Å². The first-order valence-corrected chi connectivity index (χ1v) is 9.75. The van der Waals surface area contributed by atoms with Crippen LogP contribution in [0.15, 0.2) is 63.6 Å². The number of amides is 1. The van der Waals surface area contributed by atoms with Gasteiger partial charge in [-0.2, -0.15) is 5.10 Å². The highest BCUT2D eigenvalue weighted by Gasteiger charge is 2.35. The molecule has 0 fully saturated rings. The van der Waals surface area contributed by atoms with E-state index in [2.05, 4.69) is 5.10 Å². The Hall–Kier alpha value is -3.46. The summed E-state index contributed by atoms with van der Waals surface area (Å²) >= 11 is 1.54. The monoisotopic (exact) mass is 411 g/mol. The fourth-order valence-corrected chi connectivity index (χ4v) is 3.85. The van der Waals surface area contributed by atoms with E-state index in [0.717, 1.165) is 16.2 Å². The van der Waals surface area contributed by atoms with Crippen LogP contribution in [0.4, 0.5) is 5.69 Å². The Bertz CT molecular complexity index is 1060. The predicted octanol–water partition coefficient (Wildman–Crippen LogP) is 4.31. The van der Waals surface area contributed by atoms with Crippen molar-refractivity contribution in [3.8, 4) is 5.75 Å². The molecule has 2 aromatic heterocycles. The lowest BCUT2D eigenvalue weighted by atomic mass is 10.1. The number of nitrogens with zero attached hydrogens (tertiary/aromatic N) is 3. The third kappa shape index (κ3) is 3.90. The molecule has 3 aromatic rings. The maximum absolute atomic E-state index is 12.9. The Kier molecular flexibility index (Phi) is 5.13. The zero-order valence-corrected chi connectivity index (χ0v) is 16.3. The number of furan rings is 1. The van der Waals surface area contributed by atoms with Crippen LogP contribution in [0.25, 0.3) is 0 Å². The van der Waals surface area contributed by atoms with Gasteiger partial charge in [0.15, 0.2) is 12.4 Å². The van der Waals surface area contributed by atoms with Gasteiger partial charge < -0.3 is 9.15 Å². The van der Waals surface area contributed by atoms with Crippen molar-refractivity contribution in [1.29, 1.82) is 0 Å². The van der Waals surface area contributed by atoms with Gasteiger partial charge in [0.25, 0.3) is 5.91 Å². The van der Waals surface area contributed by atoms with Gasteiger partial charge in [-0.25, -0.2) is 5.01 Å². The summed E-state index contributed by atoms with van der Waals surface area (Å²) in [4.78, 5) is 24.5. The van der Waals surface area contributed by atoms with Crippen LogP contribution < -0.4 is 4.74 Å². The summed E-state index contributed by atoms with van der Waals surface area (Å²) in [5.41, 5.74) is 1.40. The topological polar surface area (TPSA) is 98.2 Å². The maximum Gasteiger partial charge on any atom is 0.310 e. The first kappa shape index (κ1) is 18.9. The van der Waals surface area contributed by atoms with Crippen LogP contribution in [0.3, 0.4) is 0 Å². The van der Waals surface area contributed by atoms with Gasteiger partial charge in [0.1, 0.15) is 11.8 Å². The second kappa shape index (κ2) is 7.88. The third-order valence-corrected chi connectivity index (χ3v) is 5.43. The molecule has 0 saturated heterocycles. The van der Waals surface area contributed by atoms with Crippen molar-refractivity contribution < 1.29 is 18.9 Å².